The Morgan fingerprint density at radius 1 is 1.36 bits per heavy atom. The standard InChI is InChI=1S/C15H17N3O3S/c16-14(20)11-6-3-4-8-18(11)13(19)9-22-15-17-10-5-1-2-7-12(10)21-15/h1-2,5,7,11H,3-4,6,8-9H2,(H2,16,20)/t11-/m0/s1. The molecule has 1 saturated heterocycles. The molecule has 2 aromatic rings. The van der Waals surface area contributed by atoms with Crippen molar-refractivity contribution in [2.75, 3.05) is 12.3 Å². The SMILES string of the molecule is NC(=O)[C@@H]1CCCCN1C(=O)CSc1nc2ccccc2o1. The number of amides is 2. The van der Waals surface area contributed by atoms with Crippen molar-refractivity contribution in [1.82, 2.24) is 9.88 Å². The van der Waals surface area contributed by atoms with Gasteiger partial charge in [0.15, 0.2) is 5.58 Å². The predicted molar refractivity (Wildman–Crippen MR) is 83.3 cm³/mol. The summed E-state index contributed by atoms with van der Waals surface area (Å²) in [4.78, 5) is 29.7. The second-order valence-corrected chi connectivity index (χ2v) is 6.16. The van der Waals surface area contributed by atoms with Gasteiger partial charge in [0.2, 0.25) is 11.8 Å². The number of fused-ring (bicyclic) bond motifs is 1. The highest BCUT2D eigenvalue weighted by atomic mass is 32.2. The van der Waals surface area contributed by atoms with E-state index in [-0.39, 0.29) is 11.7 Å². The molecule has 0 unspecified atom stereocenters. The molecule has 2 amide bonds. The van der Waals surface area contributed by atoms with E-state index >= 15 is 0 Å². The molecule has 0 bridgehead atoms. The lowest BCUT2D eigenvalue weighted by molar-refractivity contribution is -0.138. The number of hydrogen-bond donors (Lipinski definition) is 1. The van der Waals surface area contributed by atoms with Gasteiger partial charge < -0.3 is 15.1 Å². The van der Waals surface area contributed by atoms with Crippen molar-refractivity contribution < 1.29 is 14.0 Å². The third kappa shape index (κ3) is 3.09. The number of likely N-dealkylation sites (tertiary alicyclic amines) is 1. The van der Waals surface area contributed by atoms with Crippen LogP contribution in [-0.4, -0.2) is 40.0 Å². The van der Waals surface area contributed by atoms with Crippen LogP contribution in [0, 0.1) is 0 Å². The number of primary amides is 1. The van der Waals surface area contributed by atoms with E-state index in [1.807, 2.05) is 24.3 Å². The van der Waals surface area contributed by atoms with Crippen molar-refractivity contribution in [3.63, 3.8) is 0 Å². The number of benzene rings is 1. The number of aromatic nitrogens is 1. The van der Waals surface area contributed by atoms with Gasteiger partial charge in [-0.1, -0.05) is 23.9 Å². The summed E-state index contributed by atoms with van der Waals surface area (Å²) in [5, 5.41) is 0.460. The van der Waals surface area contributed by atoms with Gasteiger partial charge in [0.1, 0.15) is 11.6 Å². The summed E-state index contributed by atoms with van der Waals surface area (Å²) in [6.45, 7) is 0.584. The van der Waals surface area contributed by atoms with Gasteiger partial charge in [-0.25, -0.2) is 4.98 Å². The van der Waals surface area contributed by atoms with E-state index in [1.165, 1.54) is 11.8 Å². The lowest BCUT2D eigenvalue weighted by Crippen LogP contribution is -2.51. The van der Waals surface area contributed by atoms with Crippen LogP contribution in [0.5, 0.6) is 0 Å². The first-order valence-corrected chi connectivity index (χ1v) is 8.21. The molecular weight excluding hydrogens is 302 g/mol. The summed E-state index contributed by atoms with van der Waals surface area (Å²) >= 11 is 1.24. The number of para-hydroxylation sites is 2. The third-order valence-electron chi connectivity index (χ3n) is 3.74. The Kier molecular flexibility index (Phi) is 4.33. The maximum Gasteiger partial charge on any atom is 0.257 e. The van der Waals surface area contributed by atoms with Crippen LogP contribution < -0.4 is 5.73 Å². The van der Waals surface area contributed by atoms with Crippen molar-refractivity contribution in [2.24, 2.45) is 5.73 Å². The largest absolute Gasteiger partial charge is 0.431 e. The summed E-state index contributed by atoms with van der Waals surface area (Å²) in [6.07, 6.45) is 2.48. The molecule has 0 saturated carbocycles. The summed E-state index contributed by atoms with van der Waals surface area (Å²) in [6, 6.07) is 6.97. The predicted octanol–water partition coefficient (Wildman–Crippen LogP) is 1.79. The van der Waals surface area contributed by atoms with Crippen molar-refractivity contribution >= 4 is 34.7 Å². The zero-order valence-electron chi connectivity index (χ0n) is 12.0. The molecular formula is C15H17N3O3S. The maximum absolute atomic E-state index is 12.3. The molecule has 22 heavy (non-hydrogen) atoms. The minimum Gasteiger partial charge on any atom is -0.431 e. The Bertz CT molecular complexity index is 667. The second kappa shape index (κ2) is 6.39. The molecule has 0 aliphatic carbocycles. The molecule has 1 aliphatic heterocycles. The van der Waals surface area contributed by atoms with E-state index in [2.05, 4.69) is 4.98 Å². The van der Waals surface area contributed by atoms with Crippen LogP contribution in [0.3, 0.4) is 0 Å². The average molecular weight is 319 g/mol. The van der Waals surface area contributed by atoms with Crippen molar-refractivity contribution in [3.05, 3.63) is 24.3 Å². The molecule has 0 radical (unpaired) electrons. The van der Waals surface area contributed by atoms with Gasteiger partial charge in [0, 0.05) is 6.54 Å². The fourth-order valence-electron chi connectivity index (χ4n) is 2.65. The number of carbonyl (C=O) groups excluding carboxylic acids is 2. The average Bonchev–Trinajstić information content (AvgIpc) is 2.95. The molecule has 3 rings (SSSR count). The van der Waals surface area contributed by atoms with E-state index in [1.54, 1.807) is 4.90 Å². The van der Waals surface area contributed by atoms with Crippen LogP contribution in [0.2, 0.25) is 0 Å². The smallest absolute Gasteiger partial charge is 0.257 e. The molecule has 6 nitrogen and oxygen atoms in total. The first-order valence-electron chi connectivity index (χ1n) is 7.22. The third-order valence-corrected chi connectivity index (χ3v) is 4.56. The minimum atomic E-state index is -0.481. The molecule has 116 valence electrons. The summed E-state index contributed by atoms with van der Waals surface area (Å²) < 4.78 is 5.57. The summed E-state index contributed by atoms with van der Waals surface area (Å²) in [5.74, 6) is -0.341. The highest BCUT2D eigenvalue weighted by molar-refractivity contribution is 7.99. The number of piperidine rings is 1. The molecule has 0 spiro atoms. The van der Waals surface area contributed by atoms with Gasteiger partial charge in [0.25, 0.3) is 5.22 Å². The molecule has 1 atom stereocenters. The van der Waals surface area contributed by atoms with Crippen LogP contribution >= 0.6 is 11.8 Å². The Hall–Kier alpha value is -2.02. The van der Waals surface area contributed by atoms with E-state index in [0.29, 0.717) is 23.8 Å². The maximum atomic E-state index is 12.3. The normalized spacial score (nSPS) is 18.5. The van der Waals surface area contributed by atoms with Crippen molar-refractivity contribution in [1.29, 1.82) is 0 Å². The topological polar surface area (TPSA) is 89.4 Å². The fraction of sp³-hybridized carbons (Fsp3) is 0.400. The number of hydrogen-bond acceptors (Lipinski definition) is 5. The number of oxazole rings is 1. The number of rotatable bonds is 4. The summed E-state index contributed by atoms with van der Waals surface area (Å²) in [5.41, 5.74) is 6.85. The Labute approximate surface area is 132 Å². The van der Waals surface area contributed by atoms with Gasteiger partial charge in [-0.2, -0.15) is 0 Å². The molecule has 1 aliphatic rings. The highest BCUT2D eigenvalue weighted by Crippen LogP contribution is 2.24. The molecule has 1 fully saturated rings. The van der Waals surface area contributed by atoms with E-state index in [9.17, 15) is 9.59 Å². The van der Waals surface area contributed by atoms with Crippen LogP contribution in [0.25, 0.3) is 11.1 Å². The molecule has 2 N–H and O–H groups in total. The van der Waals surface area contributed by atoms with Crippen LogP contribution in [0.1, 0.15) is 19.3 Å². The van der Waals surface area contributed by atoms with E-state index in [4.69, 9.17) is 10.2 Å². The Morgan fingerprint density at radius 3 is 2.95 bits per heavy atom. The quantitative estimate of drug-likeness (QED) is 0.868. The van der Waals surface area contributed by atoms with Gasteiger partial charge in [0.05, 0.1) is 5.75 Å². The first-order chi connectivity index (χ1) is 10.6. The molecule has 1 aromatic heterocycles. The van der Waals surface area contributed by atoms with E-state index in [0.717, 1.165) is 18.4 Å². The minimum absolute atomic E-state index is 0.101. The lowest BCUT2D eigenvalue weighted by atomic mass is 10.0. The van der Waals surface area contributed by atoms with Crippen molar-refractivity contribution in [3.8, 4) is 0 Å². The fourth-order valence-corrected chi connectivity index (χ4v) is 3.37. The van der Waals surface area contributed by atoms with E-state index < -0.39 is 11.9 Å². The number of carbonyl (C=O) groups is 2. The first kappa shape index (κ1) is 14.9. The van der Waals surface area contributed by atoms with Gasteiger partial charge >= 0.3 is 0 Å². The monoisotopic (exact) mass is 319 g/mol. The summed E-state index contributed by atoms with van der Waals surface area (Å²) in [7, 11) is 0. The zero-order chi connectivity index (χ0) is 15.5. The number of thioether (sulfide) groups is 1. The second-order valence-electron chi connectivity index (χ2n) is 5.24. The number of nitrogens with zero attached hydrogens (tertiary/aromatic N) is 2. The van der Waals surface area contributed by atoms with Crippen LogP contribution in [-0.2, 0) is 9.59 Å². The van der Waals surface area contributed by atoms with Gasteiger partial charge in [-0.3, -0.25) is 9.59 Å². The van der Waals surface area contributed by atoms with Crippen LogP contribution in [0.15, 0.2) is 33.9 Å². The Balaban J connectivity index is 1.64. The Morgan fingerprint density at radius 2 is 2.18 bits per heavy atom. The van der Waals surface area contributed by atoms with Gasteiger partial charge in [-0.05, 0) is 31.4 Å². The van der Waals surface area contributed by atoms with Crippen molar-refractivity contribution in [2.45, 2.75) is 30.5 Å². The highest BCUT2D eigenvalue weighted by Gasteiger charge is 2.30. The molecule has 2 heterocycles. The number of nitrogens with two attached hydrogens (primary N) is 1. The lowest BCUT2D eigenvalue weighted by Gasteiger charge is -2.33. The zero-order valence-corrected chi connectivity index (χ0v) is 12.8. The molecule has 7 heteroatoms. The van der Waals surface area contributed by atoms with Gasteiger partial charge in [-0.15, -0.1) is 0 Å². The van der Waals surface area contributed by atoms with Crippen LogP contribution in [0.4, 0.5) is 0 Å². The molecule has 1 aromatic carbocycles.